The summed E-state index contributed by atoms with van der Waals surface area (Å²) in [5, 5.41) is 0. The first-order chi connectivity index (χ1) is 8.41. The largest absolute Gasteiger partial charge is 0.0985 e. The van der Waals surface area contributed by atoms with Crippen LogP contribution < -0.4 is 0 Å². The number of rotatable bonds is 9. The number of hydrogen-bond donors (Lipinski definition) is 0. The van der Waals surface area contributed by atoms with Crippen LogP contribution in [0.25, 0.3) is 0 Å². The molecule has 0 rings (SSSR count). The molecule has 0 saturated carbocycles. The minimum atomic E-state index is 1.05. The molecule has 96 valence electrons. The first-order valence-electron chi connectivity index (χ1n) is 7.21. The highest BCUT2D eigenvalue weighted by Crippen LogP contribution is 2.05. The molecule has 0 aromatic rings. The molecule has 17 heavy (non-hydrogen) atoms. The summed E-state index contributed by atoms with van der Waals surface area (Å²) >= 11 is 0. The quantitative estimate of drug-likeness (QED) is 0.273. The van der Waals surface area contributed by atoms with E-state index in [1.54, 1.807) is 0 Å². The average Bonchev–Trinajstić information content (AvgIpc) is 2.35. The van der Waals surface area contributed by atoms with Crippen molar-refractivity contribution in [3.8, 4) is 11.8 Å². The Kier molecular flexibility index (Phi) is 14.2. The molecule has 0 spiro atoms. The lowest BCUT2D eigenvalue weighted by molar-refractivity contribution is 0.614. The summed E-state index contributed by atoms with van der Waals surface area (Å²) in [7, 11) is 0. The van der Waals surface area contributed by atoms with Crippen molar-refractivity contribution in [1.82, 2.24) is 0 Å². The van der Waals surface area contributed by atoms with Gasteiger partial charge in [-0.1, -0.05) is 82.4 Å². The van der Waals surface area contributed by atoms with Crippen LogP contribution >= 0.6 is 0 Å². The lowest BCUT2D eigenvalue weighted by Crippen LogP contribution is -1.77. The van der Waals surface area contributed by atoms with Gasteiger partial charge >= 0.3 is 0 Å². The molecule has 0 aromatic carbocycles. The summed E-state index contributed by atoms with van der Waals surface area (Å²) < 4.78 is 0. The Hall–Kier alpha value is -0.960. The van der Waals surface area contributed by atoms with Crippen molar-refractivity contribution in [1.29, 1.82) is 0 Å². The highest BCUT2D eigenvalue weighted by Gasteiger charge is 1.87. The molecule has 0 saturated heterocycles. The number of unbranched alkanes of at least 4 members (excludes halogenated alkanes) is 7. The van der Waals surface area contributed by atoms with Gasteiger partial charge in [0.05, 0.1) is 0 Å². The first-order valence-corrected chi connectivity index (χ1v) is 7.21. The van der Waals surface area contributed by atoms with Crippen LogP contribution in [0.2, 0.25) is 0 Å². The molecule has 0 nitrogen and oxygen atoms in total. The molecule has 0 aliphatic heterocycles. The van der Waals surface area contributed by atoms with Gasteiger partial charge in [-0.3, -0.25) is 0 Å². The van der Waals surface area contributed by atoms with E-state index in [2.05, 4.69) is 37.8 Å². The van der Waals surface area contributed by atoms with E-state index in [-0.39, 0.29) is 0 Å². The van der Waals surface area contributed by atoms with E-state index >= 15 is 0 Å². The molecule has 0 unspecified atom stereocenters. The molecule has 0 bridgehead atoms. The van der Waals surface area contributed by atoms with Crippen LogP contribution in [0.4, 0.5) is 0 Å². The molecule has 0 aliphatic carbocycles. The Morgan fingerprint density at radius 3 is 2.35 bits per heavy atom. The highest BCUT2D eigenvalue weighted by atomic mass is 13.9. The Labute approximate surface area is 108 Å². The van der Waals surface area contributed by atoms with E-state index in [4.69, 9.17) is 0 Å². The maximum absolute atomic E-state index is 3.20. The second-order valence-electron chi connectivity index (χ2n) is 4.41. The summed E-state index contributed by atoms with van der Waals surface area (Å²) in [5.41, 5.74) is 0. The lowest BCUT2D eigenvalue weighted by atomic mass is 10.1. The van der Waals surface area contributed by atoms with Gasteiger partial charge in [0, 0.05) is 6.42 Å². The second kappa shape index (κ2) is 15.0. The average molecular weight is 232 g/mol. The molecular weight excluding hydrogens is 204 g/mol. The molecular formula is C17H28. The maximum Gasteiger partial charge on any atom is 0.00922 e. The molecule has 0 N–H and O–H groups in total. The third-order valence-corrected chi connectivity index (χ3v) is 2.64. The van der Waals surface area contributed by atoms with Crippen molar-refractivity contribution in [2.75, 3.05) is 0 Å². The standard InChI is InChI=1S/C17H28/c1-3-5-7-9-11-13-15-17-16-14-12-10-8-6-4-2/h7,9,11,13H,3-6,8,10,12,14,16H2,1-2H3/b9-7+,13-11+. The monoisotopic (exact) mass is 232 g/mol. The predicted molar refractivity (Wildman–Crippen MR) is 79.0 cm³/mol. The minimum Gasteiger partial charge on any atom is -0.0985 e. The fourth-order valence-corrected chi connectivity index (χ4v) is 1.57. The summed E-state index contributed by atoms with van der Waals surface area (Å²) in [6, 6.07) is 0. The molecule has 0 aliphatic rings. The summed E-state index contributed by atoms with van der Waals surface area (Å²) in [6.07, 6.45) is 19.8. The van der Waals surface area contributed by atoms with Crippen molar-refractivity contribution in [3.63, 3.8) is 0 Å². The van der Waals surface area contributed by atoms with E-state index in [1.807, 2.05) is 12.2 Å². The van der Waals surface area contributed by atoms with Crippen molar-refractivity contribution in [2.24, 2.45) is 0 Å². The maximum atomic E-state index is 3.20. The topological polar surface area (TPSA) is 0 Å². The van der Waals surface area contributed by atoms with Gasteiger partial charge < -0.3 is 0 Å². The molecule has 0 radical (unpaired) electrons. The van der Waals surface area contributed by atoms with Gasteiger partial charge in [0.1, 0.15) is 0 Å². The third kappa shape index (κ3) is 15.0. The van der Waals surface area contributed by atoms with E-state index in [9.17, 15) is 0 Å². The zero-order valence-corrected chi connectivity index (χ0v) is 11.7. The van der Waals surface area contributed by atoms with Crippen molar-refractivity contribution in [2.45, 2.75) is 71.6 Å². The lowest BCUT2D eigenvalue weighted by Gasteiger charge is -1.96. The molecule has 0 heterocycles. The first kappa shape index (κ1) is 16.0. The van der Waals surface area contributed by atoms with E-state index in [0.29, 0.717) is 0 Å². The van der Waals surface area contributed by atoms with Gasteiger partial charge in [0.25, 0.3) is 0 Å². The van der Waals surface area contributed by atoms with Crippen LogP contribution in [0, 0.1) is 11.8 Å². The van der Waals surface area contributed by atoms with Gasteiger partial charge in [0.2, 0.25) is 0 Å². The molecule has 0 atom stereocenters. The van der Waals surface area contributed by atoms with Gasteiger partial charge in [-0.25, -0.2) is 0 Å². The second-order valence-corrected chi connectivity index (χ2v) is 4.41. The predicted octanol–water partition coefficient (Wildman–Crippen LogP) is 5.65. The Balaban J connectivity index is 3.30. The van der Waals surface area contributed by atoms with Crippen LogP contribution in [0.1, 0.15) is 71.6 Å². The summed E-state index contributed by atoms with van der Waals surface area (Å²) in [5.74, 6) is 6.28. The van der Waals surface area contributed by atoms with Crippen molar-refractivity contribution >= 4 is 0 Å². The van der Waals surface area contributed by atoms with Gasteiger partial charge in [0.15, 0.2) is 0 Å². The van der Waals surface area contributed by atoms with Crippen LogP contribution in [-0.2, 0) is 0 Å². The Bertz CT molecular complexity index is 247. The smallest absolute Gasteiger partial charge is 0.00922 e. The Morgan fingerprint density at radius 2 is 1.59 bits per heavy atom. The van der Waals surface area contributed by atoms with Crippen LogP contribution in [0.5, 0.6) is 0 Å². The third-order valence-electron chi connectivity index (χ3n) is 2.64. The van der Waals surface area contributed by atoms with Crippen LogP contribution in [0.15, 0.2) is 24.3 Å². The van der Waals surface area contributed by atoms with Crippen LogP contribution in [0.3, 0.4) is 0 Å². The van der Waals surface area contributed by atoms with E-state index in [0.717, 1.165) is 12.8 Å². The number of hydrogen-bond acceptors (Lipinski definition) is 0. The summed E-state index contributed by atoms with van der Waals surface area (Å²) in [4.78, 5) is 0. The highest BCUT2D eigenvalue weighted by molar-refractivity contribution is 5.19. The van der Waals surface area contributed by atoms with Crippen molar-refractivity contribution in [3.05, 3.63) is 24.3 Å². The molecule has 0 amide bonds. The SMILES string of the molecule is CCC/C=C/C=C/C#CCCCCCCCC. The fraction of sp³-hybridized carbons (Fsp3) is 0.647. The molecule has 0 aromatic heterocycles. The minimum absolute atomic E-state index is 1.05. The van der Waals surface area contributed by atoms with Crippen molar-refractivity contribution < 1.29 is 0 Å². The Morgan fingerprint density at radius 1 is 0.824 bits per heavy atom. The van der Waals surface area contributed by atoms with E-state index in [1.165, 1.54) is 44.9 Å². The summed E-state index contributed by atoms with van der Waals surface area (Å²) in [6.45, 7) is 4.45. The zero-order chi connectivity index (χ0) is 12.6. The van der Waals surface area contributed by atoms with Gasteiger partial charge in [-0.15, -0.1) is 0 Å². The van der Waals surface area contributed by atoms with Crippen LogP contribution in [-0.4, -0.2) is 0 Å². The fourth-order valence-electron chi connectivity index (χ4n) is 1.57. The number of allylic oxidation sites excluding steroid dienone is 4. The van der Waals surface area contributed by atoms with Gasteiger partial charge in [-0.05, 0) is 18.9 Å². The zero-order valence-electron chi connectivity index (χ0n) is 11.7. The normalized spacial score (nSPS) is 10.9. The molecule has 0 heteroatoms. The van der Waals surface area contributed by atoms with Gasteiger partial charge in [-0.2, -0.15) is 0 Å². The van der Waals surface area contributed by atoms with E-state index < -0.39 is 0 Å². The molecule has 0 fully saturated rings.